The first-order valence-corrected chi connectivity index (χ1v) is 5.95. The zero-order valence-electron chi connectivity index (χ0n) is 9.97. The molecular weight excluding hydrogens is 252 g/mol. The molecule has 0 aliphatic carbocycles. The molecule has 0 aliphatic heterocycles. The molecule has 94 valence electrons. The zero-order chi connectivity index (χ0) is 13.1. The Hall–Kier alpha value is -2.08. The van der Waals surface area contributed by atoms with Crippen LogP contribution in [-0.2, 0) is 9.53 Å². The van der Waals surface area contributed by atoms with Crippen LogP contribution in [0, 0.1) is 0 Å². The van der Waals surface area contributed by atoms with Crippen LogP contribution in [0.2, 0.25) is 0 Å². The number of nitrogen functional groups attached to an aromatic ring is 1. The lowest BCUT2D eigenvalue weighted by Crippen LogP contribution is -1.93. The monoisotopic (exact) mass is 264 g/mol. The van der Waals surface area contributed by atoms with Crippen molar-refractivity contribution >= 4 is 38.7 Å². The van der Waals surface area contributed by atoms with Crippen LogP contribution in [-0.4, -0.2) is 25.2 Å². The topological polar surface area (TPSA) is 74.4 Å². The molecule has 0 bridgehead atoms. The average molecular weight is 264 g/mol. The SMILES string of the molecule is COC(=O)/C=C/c1cc(OC)c2nc(N)sc2c1. The van der Waals surface area contributed by atoms with Gasteiger partial charge in [0.2, 0.25) is 0 Å². The molecule has 2 N–H and O–H groups in total. The molecule has 2 rings (SSSR count). The summed E-state index contributed by atoms with van der Waals surface area (Å²) < 4.78 is 10.7. The number of nitrogens with zero attached hydrogens (tertiary/aromatic N) is 1. The molecule has 1 aromatic carbocycles. The first-order valence-electron chi connectivity index (χ1n) is 5.14. The number of carbonyl (C=O) groups is 1. The molecule has 18 heavy (non-hydrogen) atoms. The van der Waals surface area contributed by atoms with Gasteiger partial charge in [-0.15, -0.1) is 0 Å². The standard InChI is InChI=1S/C12H12N2O3S/c1-16-8-5-7(3-4-10(15)17-2)6-9-11(8)14-12(13)18-9/h3-6H,1-2H3,(H2,13,14)/b4-3+. The lowest BCUT2D eigenvalue weighted by Gasteiger charge is -2.02. The molecular formula is C12H12N2O3S. The van der Waals surface area contributed by atoms with Crippen molar-refractivity contribution in [1.29, 1.82) is 0 Å². The zero-order valence-corrected chi connectivity index (χ0v) is 10.8. The van der Waals surface area contributed by atoms with E-state index in [1.807, 2.05) is 6.07 Å². The van der Waals surface area contributed by atoms with Crippen LogP contribution < -0.4 is 10.5 Å². The van der Waals surface area contributed by atoms with Crippen molar-refractivity contribution in [2.75, 3.05) is 20.0 Å². The number of hydrogen-bond donors (Lipinski definition) is 1. The Bertz CT molecular complexity index is 619. The van der Waals surface area contributed by atoms with E-state index in [1.54, 1.807) is 19.3 Å². The van der Waals surface area contributed by atoms with Gasteiger partial charge in [-0.25, -0.2) is 9.78 Å². The summed E-state index contributed by atoms with van der Waals surface area (Å²) in [6, 6.07) is 3.69. The van der Waals surface area contributed by atoms with Gasteiger partial charge in [0.05, 0.1) is 18.9 Å². The van der Waals surface area contributed by atoms with E-state index in [0.29, 0.717) is 10.9 Å². The first-order chi connectivity index (χ1) is 8.63. The molecule has 0 saturated carbocycles. The van der Waals surface area contributed by atoms with Gasteiger partial charge in [-0.2, -0.15) is 0 Å². The summed E-state index contributed by atoms with van der Waals surface area (Å²) in [6.07, 6.45) is 3.01. The Labute approximate surface area is 108 Å². The van der Waals surface area contributed by atoms with Crippen molar-refractivity contribution < 1.29 is 14.3 Å². The van der Waals surface area contributed by atoms with Crippen molar-refractivity contribution in [2.24, 2.45) is 0 Å². The van der Waals surface area contributed by atoms with Crippen LogP contribution in [0.5, 0.6) is 5.75 Å². The number of carbonyl (C=O) groups excluding carboxylic acids is 1. The van der Waals surface area contributed by atoms with Crippen molar-refractivity contribution in [3.05, 3.63) is 23.8 Å². The van der Waals surface area contributed by atoms with E-state index in [2.05, 4.69) is 9.72 Å². The number of hydrogen-bond acceptors (Lipinski definition) is 6. The number of aromatic nitrogens is 1. The fourth-order valence-electron chi connectivity index (χ4n) is 1.52. The Morgan fingerprint density at radius 1 is 1.44 bits per heavy atom. The van der Waals surface area contributed by atoms with Crippen molar-refractivity contribution in [3.8, 4) is 5.75 Å². The number of methoxy groups -OCH3 is 2. The van der Waals surface area contributed by atoms with Crippen LogP contribution in [0.15, 0.2) is 18.2 Å². The molecule has 0 amide bonds. The highest BCUT2D eigenvalue weighted by Gasteiger charge is 2.08. The minimum Gasteiger partial charge on any atom is -0.494 e. The van der Waals surface area contributed by atoms with Crippen molar-refractivity contribution in [3.63, 3.8) is 0 Å². The molecule has 0 spiro atoms. The highest BCUT2D eigenvalue weighted by Crippen LogP contribution is 2.32. The summed E-state index contributed by atoms with van der Waals surface area (Å²) in [4.78, 5) is 15.2. The molecule has 0 radical (unpaired) electrons. The molecule has 0 atom stereocenters. The van der Waals surface area contributed by atoms with E-state index in [-0.39, 0.29) is 0 Å². The number of rotatable bonds is 3. The summed E-state index contributed by atoms with van der Waals surface area (Å²) in [7, 11) is 2.90. The largest absolute Gasteiger partial charge is 0.494 e. The first kappa shape index (κ1) is 12.4. The van der Waals surface area contributed by atoms with Gasteiger partial charge in [0.25, 0.3) is 0 Å². The number of ether oxygens (including phenoxy) is 2. The van der Waals surface area contributed by atoms with E-state index in [1.165, 1.54) is 24.5 Å². The number of esters is 1. The van der Waals surface area contributed by atoms with Gasteiger partial charge >= 0.3 is 5.97 Å². The van der Waals surface area contributed by atoms with Crippen molar-refractivity contribution in [1.82, 2.24) is 4.98 Å². The average Bonchev–Trinajstić information content (AvgIpc) is 2.74. The van der Waals surface area contributed by atoms with Gasteiger partial charge in [0.1, 0.15) is 11.3 Å². The van der Waals surface area contributed by atoms with E-state index < -0.39 is 5.97 Å². The minimum atomic E-state index is -0.405. The Balaban J connectivity index is 2.46. The molecule has 0 aliphatic rings. The molecule has 1 heterocycles. The number of anilines is 1. The summed E-state index contributed by atoms with van der Waals surface area (Å²) >= 11 is 1.37. The van der Waals surface area contributed by atoms with E-state index >= 15 is 0 Å². The maximum absolute atomic E-state index is 11.0. The highest BCUT2D eigenvalue weighted by molar-refractivity contribution is 7.22. The molecule has 5 nitrogen and oxygen atoms in total. The number of fused-ring (bicyclic) bond motifs is 1. The maximum Gasteiger partial charge on any atom is 0.330 e. The fraction of sp³-hybridized carbons (Fsp3) is 0.167. The van der Waals surface area contributed by atoms with Crippen LogP contribution in [0.1, 0.15) is 5.56 Å². The molecule has 2 aromatic rings. The molecule has 6 heteroatoms. The summed E-state index contributed by atoms with van der Waals surface area (Å²) in [5.41, 5.74) is 7.23. The van der Waals surface area contributed by atoms with Gasteiger partial charge in [-0.3, -0.25) is 0 Å². The third-order valence-corrected chi connectivity index (χ3v) is 3.16. The third kappa shape index (κ3) is 2.43. The predicted molar refractivity (Wildman–Crippen MR) is 71.6 cm³/mol. The van der Waals surface area contributed by atoms with E-state index in [9.17, 15) is 4.79 Å². The summed E-state index contributed by atoms with van der Waals surface area (Å²) in [5.74, 6) is 0.225. The Kier molecular flexibility index (Phi) is 3.47. The van der Waals surface area contributed by atoms with Gasteiger partial charge in [0.15, 0.2) is 5.13 Å². The second-order valence-corrected chi connectivity index (χ2v) is 4.54. The summed E-state index contributed by atoms with van der Waals surface area (Å²) in [6.45, 7) is 0. The summed E-state index contributed by atoms with van der Waals surface area (Å²) in [5, 5.41) is 0.484. The lowest BCUT2D eigenvalue weighted by atomic mass is 10.2. The highest BCUT2D eigenvalue weighted by atomic mass is 32.1. The fourth-order valence-corrected chi connectivity index (χ4v) is 2.32. The normalized spacial score (nSPS) is 11.0. The number of benzene rings is 1. The molecule has 0 unspecified atom stereocenters. The van der Waals surface area contributed by atoms with Crippen LogP contribution >= 0.6 is 11.3 Å². The quantitative estimate of drug-likeness (QED) is 0.678. The second-order valence-electron chi connectivity index (χ2n) is 3.48. The van der Waals surface area contributed by atoms with Crippen LogP contribution in [0.4, 0.5) is 5.13 Å². The molecule has 1 aromatic heterocycles. The van der Waals surface area contributed by atoms with E-state index in [0.717, 1.165) is 15.8 Å². The number of nitrogens with two attached hydrogens (primary N) is 1. The van der Waals surface area contributed by atoms with Gasteiger partial charge in [-0.1, -0.05) is 11.3 Å². The van der Waals surface area contributed by atoms with Gasteiger partial charge < -0.3 is 15.2 Å². The lowest BCUT2D eigenvalue weighted by molar-refractivity contribution is -0.134. The maximum atomic E-state index is 11.0. The third-order valence-electron chi connectivity index (χ3n) is 2.33. The Morgan fingerprint density at radius 2 is 2.22 bits per heavy atom. The molecule has 0 saturated heterocycles. The Morgan fingerprint density at radius 3 is 2.89 bits per heavy atom. The van der Waals surface area contributed by atoms with Crippen molar-refractivity contribution in [2.45, 2.75) is 0 Å². The second kappa shape index (κ2) is 5.05. The minimum absolute atomic E-state index is 0.405. The van der Waals surface area contributed by atoms with Gasteiger partial charge in [0, 0.05) is 6.08 Å². The number of thiazole rings is 1. The van der Waals surface area contributed by atoms with Crippen LogP contribution in [0.25, 0.3) is 16.3 Å². The van der Waals surface area contributed by atoms with E-state index in [4.69, 9.17) is 10.5 Å². The molecule has 0 fully saturated rings. The van der Waals surface area contributed by atoms with Crippen LogP contribution in [0.3, 0.4) is 0 Å². The predicted octanol–water partition coefficient (Wildman–Crippen LogP) is 2.07. The smallest absolute Gasteiger partial charge is 0.330 e. The van der Waals surface area contributed by atoms with Gasteiger partial charge in [-0.05, 0) is 23.8 Å².